The second kappa shape index (κ2) is 4.49. The zero-order valence-electron chi connectivity index (χ0n) is 7.79. The Morgan fingerprint density at radius 3 is 2.50 bits per heavy atom. The number of nitrogens with zero attached hydrogens (tertiary/aromatic N) is 1. The van der Waals surface area contributed by atoms with Crippen LogP contribution in [-0.4, -0.2) is 42.5 Å². The minimum Gasteiger partial charge on any atom is -0.395 e. The highest BCUT2D eigenvalue weighted by Gasteiger charge is 2.36. The fourth-order valence-electron chi connectivity index (χ4n) is 1.87. The Balaban J connectivity index is 2.27. The molecule has 1 N–H and O–H groups in total. The van der Waals surface area contributed by atoms with E-state index in [-0.39, 0.29) is 6.61 Å². The smallest absolute Gasteiger partial charge is 0.0558 e. The molecule has 1 fully saturated rings. The first-order valence-corrected chi connectivity index (χ1v) is 5.26. The Morgan fingerprint density at radius 2 is 2.17 bits per heavy atom. The molecular weight excluding hydrogens is 170 g/mol. The lowest BCUT2D eigenvalue weighted by atomic mass is 9.70. The van der Waals surface area contributed by atoms with Crippen LogP contribution in [0.1, 0.15) is 19.3 Å². The van der Waals surface area contributed by atoms with E-state index in [0.29, 0.717) is 5.41 Å². The van der Waals surface area contributed by atoms with Crippen LogP contribution >= 0.6 is 12.6 Å². The van der Waals surface area contributed by atoms with E-state index in [2.05, 4.69) is 24.6 Å². The van der Waals surface area contributed by atoms with Gasteiger partial charge in [0.2, 0.25) is 0 Å². The minimum atomic E-state index is 0.263. The SMILES string of the molecule is CN(CCO)CC1(CS)CCC1. The van der Waals surface area contributed by atoms with E-state index in [9.17, 15) is 0 Å². The van der Waals surface area contributed by atoms with E-state index in [1.807, 2.05) is 0 Å². The topological polar surface area (TPSA) is 23.5 Å². The summed E-state index contributed by atoms with van der Waals surface area (Å²) >= 11 is 4.39. The molecular formula is C9H19NOS. The third kappa shape index (κ3) is 2.38. The van der Waals surface area contributed by atoms with Crippen molar-refractivity contribution in [2.45, 2.75) is 19.3 Å². The molecule has 72 valence electrons. The highest BCUT2D eigenvalue weighted by Crippen LogP contribution is 2.42. The van der Waals surface area contributed by atoms with Crippen LogP contribution in [-0.2, 0) is 0 Å². The van der Waals surface area contributed by atoms with Crippen LogP contribution in [0.5, 0.6) is 0 Å². The molecule has 0 amide bonds. The van der Waals surface area contributed by atoms with Gasteiger partial charge < -0.3 is 10.0 Å². The quantitative estimate of drug-likeness (QED) is 0.631. The summed E-state index contributed by atoms with van der Waals surface area (Å²) in [6.07, 6.45) is 3.98. The maximum atomic E-state index is 8.74. The number of rotatable bonds is 5. The van der Waals surface area contributed by atoms with Crippen molar-refractivity contribution >= 4 is 12.6 Å². The highest BCUT2D eigenvalue weighted by molar-refractivity contribution is 7.80. The van der Waals surface area contributed by atoms with E-state index >= 15 is 0 Å². The Labute approximate surface area is 80.4 Å². The number of thiol groups is 1. The third-order valence-electron chi connectivity index (χ3n) is 2.84. The highest BCUT2D eigenvalue weighted by atomic mass is 32.1. The summed E-state index contributed by atoms with van der Waals surface area (Å²) in [5.74, 6) is 0.989. The molecule has 0 radical (unpaired) electrons. The second-order valence-electron chi connectivity index (χ2n) is 3.97. The standard InChI is InChI=1S/C9H19NOS/c1-10(5-6-11)7-9(8-12)3-2-4-9/h11-12H,2-8H2,1H3. The van der Waals surface area contributed by atoms with Gasteiger partial charge in [-0.25, -0.2) is 0 Å². The van der Waals surface area contributed by atoms with Crippen LogP contribution in [0.15, 0.2) is 0 Å². The fraction of sp³-hybridized carbons (Fsp3) is 1.00. The van der Waals surface area contributed by atoms with Crippen LogP contribution < -0.4 is 0 Å². The molecule has 3 heteroatoms. The van der Waals surface area contributed by atoms with Crippen LogP contribution in [0.3, 0.4) is 0 Å². The van der Waals surface area contributed by atoms with Crippen molar-refractivity contribution in [3.05, 3.63) is 0 Å². The van der Waals surface area contributed by atoms with Crippen molar-refractivity contribution in [1.82, 2.24) is 4.90 Å². The zero-order chi connectivity index (χ0) is 9.03. The average Bonchev–Trinajstić information content (AvgIpc) is 1.97. The molecule has 12 heavy (non-hydrogen) atoms. The molecule has 1 aliphatic rings. The Bertz CT molecular complexity index is 131. The van der Waals surface area contributed by atoms with Gasteiger partial charge in [-0.05, 0) is 31.1 Å². The zero-order valence-corrected chi connectivity index (χ0v) is 8.69. The molecule has 0 atom stereocenters. The van der Waals surface area contributed by atoms with Crippen molar-refractivity contribution in [3.8, 4) is 0 Å². The number of aliphatic hydroxyl groups is 1. The average molecular weight is 189 g/mol. The van der Waals surface area contributed by atoms with Gasteiger partial charge in [0.15, 0.2) is 0 Å². The van der Waals surface area contributed by atoms with Crippen molar-refractivity contribution in [3.63, 3.8) is 0 Å². The lowest BCUT2D eigenvalue weighted by Gasteiger charge is -2.43. The molecule has 0 aromatic rings. The van der Waals surface area contributed by atoms with Crippen molar-refractivity contribution < 1.29 is 5.11 Å². The summed E-state index contributed by atoms with van der Waals surface area (Å²) in [6, 6.07) is 0. The van der Waals surface area contributed by atoms with Gasteiger partial charge in [-0.3, -0.25) is 0 Å². The first kappa shape index (κ1) is 10.4. The van der Waals surface area contributed by atoms with Gasteiger partial charge in [0.05, 0.1) is 6.61 Å². The Morgan fingerprint density at radius 1 is 1.50 bits per heavy atom. The summed E-state index contributed by atoms with van der Waals surface area (Å²) in [4.78, 5) is 2.20. The number of hydrogen-bond acceptors (Lipinski definition) is 3. The summed E-state index contributed by atoms with van der Waals surface area (Å²) in [5, 5.41) is 8.74. The van der Waals surface area contributed by atoms with Gasteiger partial charge >= 0.3 is 0 Å². The Kier molecular flexibility index (Phi) is 3.87. The monoisotopic (exact) mass is 189 g/mol. The molecule has 0 bridgehead atoms. The number of likely N-dealkylation sites (N-methyl/N-ethyl adjacent to an activating group) is 1. The fourth-order valence-corrected chi connectivity index (χ4v) is 2.28. The van der Waals surface area contributed by atoms with Crippen LogP contribution in [0, 0.1) is 5.41 Å². The van der Waals surface area contributed by atoms with Crippen LogP contribution in [0.4, 0.5) is 0 Å². The van der Waals surface area contributed by atoms with Gasteiger partial charge in [-0.2, -0.15) is 12.6 Å². The van der Waals surface area contributed by atoms with E-state index < -0.39 is 0 Å². The van der Waals surface area contributed by atoms with Crippen LogP contribution in [0.25, 0.3) is 0 Å². The van der Waals surface area contributed by atoms with Gasteiger partial charge in [0.1, 0.15) is 0 Å². The van der Waals surface area contributed by atoms with Crippen molar-refractivity contribution in [1.29, 1.82) is 0 Å². The van der Waals surface area contributed by atoms with Crippen LogP contribution in [0.2, 0.25) is 0 Å². The largest absolute Gasteiger partial charge is 0.395 e. The summed E-state index contributed by atoms with van der Waals surface area (Å²) in [6.45, 7) is 2.14. The van der Waals surface area contributed by atoms with E-state index in [4.69, 9.17) is 5.11 Å². The molecule has 0 spiro atoms. The molecule has 1 aliphatic carbocycles. The van der Waals surface area contributed by atoms with Gasteiger partial charge in [-0.15, -0.1) is 0 Å². The van der Waals surface area contributed by atoms with Gasteiger partial charge in [0.25, 0.3) is 0 Å². The summed E-state index contributed by atoms with van der Waals surface area (Å²) < 4.78 is 0. The van der Waals surface area contributed by atoms with Crippen molar-refractivity contribution in [2.24, 2.45) is 5.41 Å². The number of aliphatic hydroxyl groups excluding tert-OH is 1. The Hall–Kier alpha value is 0.270. The first-order valence-electron chi connectivity index (χ1n) is 4.63. The summed E-state index contributed by atoms with van der Waals surface area (Å²) in [7, 11) is 2.07. The second-order valence-corrected chi connectivity index (χ2v) is 4.29. The maximum Gasteiger partial charge on any atom is 0.0558 e. The molecule has 0 unspecified atom stereocenters. The first-order chi connectivity index (χ1) is 5.72. The van der Waals surface area contributed by atoms with E-state index in [0.717, 1.165) is 18.8 Å². The molecule has 1 rings (SSSR count). The molecule has 0 aromatic carbocycles. The lowest BCUT2D eigenvalue weighted by molar-refractivity contribution is 0.0939. The maximum absolute atomic E-state index is 8.74. The van der Waals surface area contributed by atoms with Gasteiger partial charge in [-0.1, -0.05) is 6.42 Å². The predicted molar refractivity (Wildman–Crippen MR) is 54.7 cm³/mol. The van der Waals surface area contributed by atoms with Gasteiger partial charge in [0, 0.05) is 13.1 Å². The van der Waals surface area contributed by atoms with Crippen molar-refractivity contribution in [2.75, 3.05) is 32.5 Å². The van der Waals surface area contributed by atoms with E-state index in [1.165, 1.54) is 19.3 Å². The molecule has 1 saturated carbocycles. The third-order valence-corrected chi connectivity index (χ3v) is 3.51. The molecule has 0 aromatic heterocycles. The van der Waals surface area contributed by atoms with E-state index in [1.54, 1.807) is 0 Å². The predicted octanol–water partition coefficient (Wildman–Crippen LogP) is 1.01. The number of hydrogen-bond donors (Lipinski definition) is 2. The molecule has 0 heterocycles. The molecule has 0 saturated heterocycles. The molecule has 2 nitrogen and oxygen atoms in total. The minimum absolute atomic E-state index is 0.263. The summed E-state index contributed by atoms with van der Waals surface area (Å²) in [5.41, 5.74) is 0.465. The normalized spacial score (nSPS) is 21.0. The molecule has 0 aliphatic heterocycles. The lowest BCUT2D eigenvalue weighted by Crippen LogP contribution is -2.43.